The number of nitrogens with one attached hydrogen (secondary N) is 7. The van der Waals surface area contributed by atoms with Crippen LogP contribution in [0, 0.1) is 0 Å². The fraction of sp³-hybridized carbons (Fsp3) is 0.703. The topological polar surface area (TPSA) is 457 Å². The zero-order valence-corrected chi connectivity index (χ0v) is 35.8. The molecule has 26 heteroatoms. The molecule has 0 spiro atoms. The Balaban J connectivity index is 5.62. The maximum absolute atomic E-state index is 13.4. The lowest BCUT2D eigenvalue weighted by molar-refractivity contribution is -0.133. The first-order valence-corrected chi connectivity index (χ1v) is 19.9. The van der Waals surface area contributed by atoms with Crippen molar-refractivity contribution in [3.05, 3.63) is 0 Å². The fourth-order valence-corrected chi connectivity index (χ4v) is 5.08. The van der Waals surface area contributed by atoms with Crippen LogP contribution in [0.3, 0.4) is 0 Å². The summed E-state index contributed by atoms with van der Waals surface area (Å²) in [6.45, 7) is -1.14. The fourth-order valence-electron chi connectivity index (χ4n) is 5.08. The van der Waals surface area contributed by atoms with Gasteiger partial charge < -0.3 is 69.4 Å². The summed E-state index contributed by atoms with van der Waals surface area (Å²) in [5.41, 5.74) is 22.4. The molecule has 0 heterocycles. The van der Waals surface area contributed by atoms with Gasteiger partial charge in [-0.15, -0.1) is 0 Å². The molecule has 0 radical (unpaired) electrons. The van der Waals surface area contributed by atoms with Crippen LogP contribution in [0.25, 0.3) is 0 Å². The number of aliphatic hydroxyl groups is 4. The quantitative estimate of drug-likeness (QED) is 0.0201. The number of rotatable bonds is 39. The number of aldehydes is 1. The molecule has 0 bridgehead atoms. The highest BCUT2D eigenvalue weighted by Crippen LogP contribution is 2.02. The van der Waals surface area contributed by atoms with E-state index >= 15 is 0 Å². The number of ketones is 10. The number of carbonyl (C=O) groups is 11. The van der Waals surface area contributed by atoms with Gasteiger partial charge in [0.15, 0.2) is 57.8 Å². The second kappa shape index (κ2) is 30.8. The van der Waals surface area contributed by atoms with Crippen LogP contribution in [0.5, 0.6) is 0 Å². The summed E-state index contributed by atoms with van der Waals surface area (Å²) in [7, 11) is 0. The normalized spacial score (nSPS) is 16.3. The van der Waals surface area contributed by atoms with E-state index in [1.165, 1.54) is 20.8 Å². The first-order chi connectivity index (χ1) is 29.5. The molecule has 0 saturated heterocycles. The average Bonchev–Trinajstić information content (AvgIpc) is 3.28. The molecule has 0 fully saturated rings. The van der Waals surface area contributed by atoms with E-state index in [0.29, 0.717) is 6.29 Å². The van der Waals surface area contributed by atoms with Gasteiger partial charge in [-0.1, -0.05) is 0 Å². The van der Waals surface area contributed by atoms with Crippen LogP contribution < -0.4 is 60.2 Å². The minimum Gasteiger partial charge on any atom is -0.394 e. The standard InChI is InChI=1S/C37H65N11O15/c1-17(12-49)42-5-21(54)6-43-18(2)26(55)7-44-19(3)27(56)8-45-20(4)28(57)9-46-31(34(60)22(38)13-50)29(58)10-47-32(35(61)23(39)14-51)30(59)11-48-33(36(62)24(40)15-52)37(63)25(41)16-53/h12,17-20,22-25,31-33,42-48,50-53H,5-11,13-16,38-41H2,1-4H3/t17-,18?,19?,20?,22-,23-,24-,25-,31?,32?/m0/s1. The van der Waals surface area contributed by atoms with Crippen molar-refractivity contribution in [2.45, 2.75) is 94.2 Å². The molecule has 63 heavy (non-hydrogen) atoms. The van der Waals surface area contributed by atoms with Gasteiger partial charge in [0.05, 0.1) is 121 Å². The van der Waals surface area contributed by atoms with Gasteiger partial charge in [0, 0.05) is 0 Å². The molecule has 0 aromatic heterocycles. The smallest absolute Gasteiger partial charge is 0.176 e. The van der Waals surface area contributed by atoms with Gasteiger partial charge in [0.2, 0.25) is 0 Å². The Labute approximate surface area is 363 Å². The van der Waals surface area contributed by atoms with E-state index in [4.69, 9.17) is 22.9 Å². The molecular weight excluding hydrogens is 838 g/mol. The maximum Gasteiger partial charge on any atom is 0.176 e. The second-order valence-electron chi connectivity index (χ2n) is 14.7. The number of aliphatic hydroxyl groups excluding tert-OH is 4. The van der Waals surface area contributed by atoms with Crippen molar-refractivity contribution in [3.8, 4) is 0 Å². The van der Waals surface area contributed by atoms with Gasteiger partial charge in [0.25, 0.3) is 0 Å². The second-order valence-corrected chi connectivity index (χ2v) is 14.7. The van der Waals surface area contributed by atoms with Crippen LogP contribution in [0.1, 0.15) is 27.7 Å². The zero-order valence-electron chi connectivity index (χ0n) is 35.8. The van der Waals surface area contributed by atoms with E-state index < -0.39 is 159 Å². The van der Waals surface area contributed by atoms with Crippen LogP contribution in [0.2, 0.25) is 0 Å². The highest BCUT2D eigenvalue weighted by molar-refractivity contribution is 6.13. The van der Waals surface area contributed by atoms with E-state index in [1.807, 2.05) is 0 Å². The highest BCUT2D eigenvalue weighted by atomic mass is 16.3. The summed E-state index contributed by atoms with van der Waals surface area (Å²) in [6.07, 6.45) is 0.642. The molecule has 0 saturated carbocycles. The molecule has 26 nitrogen and oxygen atoms in total. The molecule has 0 aliphatic carbocycles. The lowest BCUT2D eigenvalue weighted by atomic mass is 9.96. The molecular formula is C37H65N11O15. The van der Waals surface area contributed by atoms with Crippen molar-refractivity contribution in [1.29, 1.82) is 0 Å². The van der Waals surface area contributed by atoms with Crippen molar-refractivity contribution in [2.75, 3.05) is 72.2 Å². The van der Waals surface area contributed by atoms with Crippen molar-refractivity contribution in [3.63, 3.8) is 0 Å². The summed E-state index contributed by atoms with van der Waals surface area (Å²) in [5, 5.41) is 55.5. The van der Waals surface area contributed by atoms with E-state index in [0.717, 1.165) is 0 Å². The summed E-state index contributed by atoms with van der Waals surface area (Å²) < 4.78 is 0. The van der Waals surface area contributed by atoms with Gasteiger partial charge in [-0.3, -0.25) is 63.9 Å². The lowest BCUT2D eigenvalue weighted by Crippen LogP contribution is -2.61. The van der Waals surface area contributed by atoms with Crippen molar-refractivity contribution in [1.82, 2.24) is 37.2 Å². The molecule has 0 aromatic rings. The van der Waals surface area contributed by atoms with Gasteiger partial charge in [0.1, 0.15) is 24.4 Å². The Morgan fingerprint density at radius 1 is 0.397 bits per heavy atom. The lowest BCUT2D eigenvalue weighted by Gasteiger charge is -2.24. The summed E-state index contributed by atoms with van der Waals surface area (Å²) >= 11 is 0. The minimum atomic E-state index is -2.02. The average molecular weight is 904 g/mol. The van der Waals surface area contributed by atoms with Crippen LogP contribution in [0.15, 0.2) is 0 Å². The van der Waals surface area contributed by atoms with Crippen LogP contribution in [0.4, 0.5) is 0 Å². The van der Waals surface area contributed by atoms with Crippen molar-refractivity contribution >= 4 is 64.1 Å². The van der Waals surface area contributed by atoms with E-state index in [2.05, 4.69) is 37.2 Å². The zero-order chi connectivity index (χ0) is 48.6. The summed E-state index contributed by atoms with van der Waals surface area (Å²) in [6, 6.07) is -15.6. The molecule has 0 aromatic carbocycles. The van der Waals surface area contributed by atoms with E-state index in [9.17, 15) is 73.2 Å². The number of nitrogens with two attached hydrogens (primary N) is 4. The molecule has 10 atom stereocenters. The Morgan fingerprint density at radius 3 is 0.968 bits per heavy atom. The van der Waals surface area contributed by atoms with E-state index in [-0.39, 0.29) is 37.7 Å². The molecule has 19 N–H and O–H groups in total. The Morgan fingerprint density at radius 2 is 0.651 bits per heavy atom. The van der Waals surface area contributed by atoms with Crippen molar-refractivity contribution in [2.24, 2.45) is 22.9 Å². The number of hydrogen-bond donors (Lipinski definition) is 15. The third-order valence-corrected chi connectivity index (χ3v) is 9.52. The maximum atomic E-state index is 13.4. The number of hydrogen-bond acceptors (Lipinski definition) is 26. The van der Waals surface area contributed by atoms with Crippen LogP contribution in [-0.2, 0) is 52.7 Å². The minimum absolute atomic E-state index is 0.0722. The largest absolute Gasteiger partial charge is 0.394 e. The summed E-state index contributed by atoms with van der Waals surface area (Å²) in [5.74, 6) is -8.47. The van der Waals surface area contributed by atoms with Gasteiger partial charge in [-0.2, -0.15) is 0 Å². The molecule has 0 amide bonds. The predicted octanol–water partition coefficient (Wildman–Crippen LogP) is -11.1. The van der Waals surface area contributed by atoms with Crippen molar-refractivity contribution < 1.29 is 73.2 Å². The number of Topliss-reactive ketones (excluding diaryl/α,β-unsaturated/α-hetero) is 10. The Bertz CT molecular complexity index is 1580. The number of carbonyl (C=O) groups excluding carboxylic acids is 11. The molecule has 0 aliphatic rings. The van der Waals surface area contributed by atoms with Gasteiger partial charge in [-0.05, 0) is 27.7 Å². The van der Waals surface area contributed by atoms with Gasteiger partial charge >= 0.3 is 0 Å². The first-order valence-electron chi connectivity index (χ1n) is 19.9. The summed E-state index contributed by atoms with van der Waals surface area (Å²) in [4.78, 5) is 139. The SMILES string of the molecule is CC(NCC(=O)CN[C@@H](C)C=O)C(=O)CNC(C)C(=O)CNC(C)C(=O)CNC(C(=O)CNC(C(=O)CNC(C(=O)[C@@H](N)CO)C(=O)[C@@H](N)CO)C(=O)[C@@H](N)CO)C(=O)[C@@H](N)CO. The van der Waals surface area contributed by atoms with E-state index in [1.54, 1.807) is 6.92 Å². The Hall–Kier alpha value is -4.23. The molecule has 0 rings (SSSR count). The monoisotopic (exact) mass is 903 g/mol. The third-order valence-electron chi connectivity index (χ3n) is 9.52. The highest BCUT2D eigenvalue weighted by Gasteiger charge is 2.37. The van der Waals surface area contributed by atoms with Gasteiger partial charge in [-0.25, -0.2) is 0 Å². The molecule has 358 valence electrons. The Kier molecular flexibility index (Phi) is 28.7. The first kappa shape index (κ1) is 58.8. The molecule has 5 unspecified atom stereocenters. The third kappa shape index (κ3) is 20.9. The predicted molar refractivity (Wildman–Crippen MR) is 222 cm³/mol. The van der Waals surface area contributed by atoms with Crippen LogP contribution >= 0.6 is 0 Å². The van der Waals surface area contributed by atoms with Crippen LogP contribution in [-0.4, -0.2) is 223 Å². The molecule has 0 aliphatic heterocycles.